The van der Waals surface area contributed by atoms with Crippen molar-refractivity contribution in [2.24, 2.45) is 0 Å². The summed E-state index contributed by atoms with van der Waals surface area (Å²) >= 11 is 3.44. The van der Waals surface area contributed by atoms with Crippen molar-refractivity contribution >= 4 is 27.6 Å². The zero-order chi connectivity index (χ0) is 11.5. The maximum absolute atomic E-state index is 10.7. The molecule has 1 N–H and O–H groups in total. The van der Waals surface area contributed by atoms with Crippen LogP contribution in [-0.2, 0) is 9.53 Å². The van der Waals surface area contributed by atoms with Gasteiger partial charge >= 0.3 is 5.97 Å². The molecular formula is C11H12BrNO3. The van der Waals surface area contributed by atoms with Crippen molar-refractivity contribution in [3.05, 3.63) is 22.7 Å². The molecular weight excluding hydrogens is 274 g/mol. The Morgan fingerprint density at radius 3 is 3.25 bits per heavy atom. The zero-order valence-electron chi connectivity index (χ0n) is 8.83. The Bertz CT molecular complexity index is 408. The number of benzene rings is 1. The summed E-state index contributed by atoms with van der Waals surface area (Å²) in [6.07, 6.45) is 0. The number of rotatable bonds is 2. The normalized spacial score (nSPS) is 18.0. The third-order valence-electron chi connectivity index (χ3n) is 2.25. The standard InChI is InChI=1S/C11H12BrNO3/c1-7(14)15-5-8-6-16-10-4-2-3-9(12)11(10)13-8/h2-4,8,13H,5-6H2,1H3. The number of fused-ring (bicyclic) bond motifs is 1. The number of carbonyl (C=O) groups is 1. The van der Waals surface area contributed by atoms with Crippen LogP contribution in [0.5, 0.6) is 5.75 Å². The largest absolute Gasteiger partial charge is 0.489 e. The summed E-state index contributed by atoms with van der Waals surface area (Å²) in [7, 11) is 0. The number of hydrogen-bond acceptors (Lipinski definition) is 4. The van der Waals surface area contributed by atoms with E-state index in [1.807, 2.05) is 18.2 Å². The van der Waals surface area contributed by atoms with Gasteiger partial charge < -0.3 is 14.8 Å². The summed E-state index contributed by atoms with van der Waals surface area (Å²) in [5.74, 6) is 0.535. The number of para-hydroxylation sites is 1. The van der Waals surface area contributed by atoms with Gasteiger partial charge in [-0.1, -0.05) is 6.07 Å². The maximum Gasteiger partial charge on any atom is 0.302 e. The van der Waals surface area contributed by atoms with Gasteiger partial charge in [0, 0.05) is 11.4 Å². The molecule has 1 atom stereocenters. The fraction of sp³-hybridized carbons (Fsp3) is 0.364. The number of hydrogen-bond donors (Lipinski definition) is 1. The summed E-state index contributed by atoms with van der Waals surface area (Å²) in [4.78, 5) is 10.7. The van der Waals surface area contributed by atoms with Crippen LogP contribution in [0.2, 0.25) is 0 Å². The first-order valence-electron chi connectivity index (χ1n) is 4.98. The number of anilines is 1. The Kier molecular flexibility index (Phi) is 3.33. The molecule has 1 aliphatic heterocycles. The van der Waals surface area contributed by atoms with Gasteiger partial charge in [-0.3, -0.25) is 4.79 Å². The molecule has 1 aliphatic rings. The molecule has 0 radical (unpaired) electrons. The van der Waals surface area contributed by atoms with Crippen molar-refractivity contribution in [2.45, 2.75) is 13.0 Å². The zero-order valence-corrected chi connectivity index (χ0v) is 10.4. The Morgan fingerprint density at radius 2 is 2.50 bits per heavy atom. The summed E-state index contributed by atoms with van der Waals surface area (Å²) in [6.45, 7) is 2.21. The van der Waals surface area contributed by atoms with E-state index in [0.29, 0.717) is 13.2 Å². The number of carbonyl (C=O) groups excluding carboxylic acids is 1. The van der Waals surface area contributed by atoms with E-state index in [2.05, 4.69) is 21.2 Å². The first-order chi connectivity index (χ1) is 7.66. The highest BCUT2D eigenvalue weighted by atomic mass is 79.9. The number of ether oxygens (including phenoxy) is 2. The molecule has 0 fully saturated rings. The second-order valence-electron chi connectivity index (χ2n) is 3.57. The number of esters is 1. The lowest BCUT2D eigenvalue weighted by molar-refractivity contribution is -0.141. The molecule has 0 aliphatic carbocycles. The van der Waals surface area contributed by atoms with Gasteiger partial charge in [0.05, 0.1) is 11.7 Å². The van der Waals surface area contributed by atoms with Crippen LogP contribution in [0, 0.1) is 0 Å². The highest BCUT2D eigenvalue weighted by molar-refractivity contribution is 9.10. The van der Waals surface area contributed by atoms with Crippen molar-refractivity contribution < 1.29 is 14.3 Å². The van der Waals surface area contributed by atoms with Gasteiger partial charge in [-0.2, -0.15) is 0 Å². The van der Waals surface area contributed by atoms with Crippen LogP contribution in [0.25, 0.3) is 0 Å². The fourth-order valence-corrected chi connectivity index (χ4v) is 1.97. The lowest BCUT2D eigenvalue weighted by atomic mass is 10.2. The van der Waals surface area contributed by atoms with E-state index in [1.165, 1.54) is 6.92 Å². The van der Waals surface area contributed by atoms with Gasteiger partial charge in [-0.25, -0.2) is 0 Å². The topological polar surface area (TPSA) is 47.6 Å². The molecule has 0 spiro atoms. The highest BCUT2D eigenvalue weighted by Crippen LogP contribution is 2.35. The molecule has 16 heavy (non-hydrogen) atoms. The van der Waals surface area contributed by atoms with Crippen LogP contribution in [0.15, 0.2) is 22.7 Å². The first kappa shape index (κ1) is 11.3. The molecule has 2 rings (SSSR count). The van der Waals surface area contributed by atoms with E-state index in [1.54, 1.807) is 0 Å². The summed E-state index contributed by atoms with van der Waals surface area (Å²) in [5, 5.41) is 3.27. The first-order valence-corrected chi connectivity index (χ1v) is 5.77. The Labute approximate surface area is 102 Å². The van der Waals surface area contributed by atoms with E-state index < -0.39 is 0 Å². The van der Waals surface area contributed by atoms with E-state index >= 15 is 0 Å². The van der Waals surface area contributed by atoms with E-state index in [0.717, 1.165) is 15.9 Å². The smallest absolute Gasteiger partial charge is 0.302 e. The van der Waals surface area contributed by atoms with Gasteiger partial charge in [-0.15, -0.1) is 0 Å². The quantitative estimate of drug-likeness (QED) is 0.847. The fourth-order valence-electron chi connectivity index (χ4n) is 1.51. The van der Waals surface area contributed by atoms with Crippen molar-refractivity contribution in [3.63, 3.8) is 0 Å². The summed E-state index contributed by atoms with van der Waals surface area (Å²) < 4.78 is 11.4. The molecule has 1 aromatic carbocycles. The lowest BCUT2D eigenvalue weighted by Gasteiger charge is -2.27. The van der Waals surface area contributed by atoms with Crippen LogP contribution in [0.3, 0.4) is 0 Å². The average Bonchev–Trinajstić information content (AvgIpc) is 2.27. The molecule has 1 heterocycles. The molecule has 0 amide bonds. The Hall–Kier alpha value is -1.23. The van der Waals surface area contributed by atoms with Crippen LogP contribution in [-0.4, -0.2) is 25.2 Å². The number of nitrogens with one attached hydrogen (secondary N) is 1. The molecule has 0 bridgehead atoms. The van der Waals surface area contributed by atoms with E-state index in [-0.39, 0.29) is 12.0 Å². The third-order valence-corrected chi connectivity index (χ3v) is 2.91. The molecule has 5 heteroatoms. The third kappa shape index (κ3) is 2.47. The van der Waals surface area contributed by atoms with Gasteiger partial charge in [0.2, 0.25) is 0 Å². The lowest BCUT2D eigenvalue weighted by Crippen LogP contribution is -2.36. The Morgan fingerprint density at radius 1 is 1.69 bits per heavy atom. The molecule has 4 nitrogen and oxygen atoms in total. The molecule has 0 saturated heterocycles. The maximum atomic E-state index is 10.7. The van der Waals surface area contributed by atoms with Gasteiger partial charge in [0.25, 0.3) is 0 Å². The van der Waals surface area contributed by atoms with Crippen LogP contribution in [0.4, 0.5) is 5.69 Å². The van der Waals surface area contributed by atoms with Gasteiger partial charge in [-0.05, 0) is 28.1 Å². The van der Waals surface area contributed by atoms with Crippen molar-refractivity contribution in [1.29, 1.82) is 0 Å². The highest BCUT2D eigenvalue weighted by Gasteiger charge is 2.21. The summed E-state index contributed by atoms with van der Waals surface area (Å²) in [6, 6.07) is 5.74. The van der Waals surface area contributed by atoms with Crippen LogP contribution < -0.4 is 10.1 Å². The minimum Gasteiger partial charge on any atom is -0.489 e. The molecule has 86 valence electrons. The number of halogens is 1. The molecule has 0 saturated carbocycles. The van der Waals surface area contributed by atoms with Gasteiger partial charge in [0.15, 0.2) is 0 Å². The van der Waals surface area contributed by atoms with E-state index in [9.17, 15) is 4.79 Å². The second kappa shape index (κ2) is 4.74. The Balaban J connectivity index is 2.05. The van der Waals surface area contributed by atoms with Crippen molar-refractivity contribution in [1.82, 2.24) is 0 Å². The average molecular weight is 286 g/mol. The second-order valence-corrected chi connectivity index (χ2v) is 4.42. The minimum absolute atomic E-state index is 0.00454. The molecule has 0 aromatic heterocycles. The minimum atomic E-state index is -0.278. The van der Waals surface area contributed by atoms with Crippen molar-refractivity contribution in [2.75, 3.05) is 18.5 Å². The predicted octanol–water partition coefficient (Wildman–Crippen LogP) is 2.19. The van der Waals surface area contributed by atoms with Gasteiger partial charge in [0.1, 0.15) is 19.0 Å². The predicted molar refractivity (Wildman–Crippen MR) is 63.7 cm³/mol. The van der Waals surface area contributed by atoms with Crippen molar-refractivity contribution in [3.8, 4) is 5.75 Å². The van der Waals surface area contributed by atoms with Crippen LogP contribution >= 0.6 is 15.9 Å². The van der Waals surface area contributed by atoms with E-state index in [4.69, 9.17) is 9.47 Å². The summed E-state index contributed by atoms with van der Waals surface area (Å²) in [5.41, 5.74) is 0.908. The monoisotopic (exact) mass is 285 g/mol. The molecule has 1 aromatic rings. The SMILES string of the molecule is CC(=O)OCC1COc2cccc(Br)c2N1. The molecule has 1 unspecified atom stereocenters. The van der Waals surface area contributed by atoms with Crippen LogP contribution in [0.1, 0.15) is 6.92 Å².